The monoisotopic (exact) mass is 314 g/mol. The summed E-state index contributed by atoms with van der Waals surface area (Å²) in [5.74, 6) is 0.168. The molecule has 0 spiro atoms. The lowest BCUT2D eigenvalue weighted by atomic mass is 10.1. The van der Waals surface area contributed by atoms with Crippen LogP contribution in [0.15, 0.2) is 84.9 Å². The van der Waals surface area contributed by atoms with Gasteiger partial charge >= 0.3 is 5.97 Å². The van der Waals surface area contributed by atoms with Gasteiger partial charge in [0.1, 0.15) is 5.75 Å². The highest BCUT2D eigenvalue weighted by Crippen LogP contribution is 2.29. The van der Waals surface area contributed by atoms with Crippen LogP contribution in [0.1, 0.15) is 11.1 Å². The first-order valence-electron chi connectivity index (χ1n) is 7.83. The minimum absolute atomic E-state index is 0.390. The van der Waals surface area contributed by atoms with Gasteiger partial charge in [-0.15, -0.1) is 0 Å². The highest BCUT2D eigenvalue weighted by molar-refractivity contribution is 5.90. The van der Waals surface area contributed by atoms with E-state index in [1.807, 2.05) is 79.7 Å². The van der Waals surface area contributed by atoms with Gasteiger partial charge in [0.15, 0.2) is 0 Å². The lowest BCUT2D eigenvalue weighted by molar-refractivity contribution is -0.128. The maximum atomic E-state index is 12.1. The summed E-state index contributed by atoms with van der Waals surface area (Å²) in [5, 5.41) is 0. The number of hydrogen-bond acceptors (Lipinski definition) is 2. The van der Waals surface area contributed by atoms with Crippen molar-refractivity contribution in [3.63, 3.8) is 0 Å². The largest absolute Gasteiger partial charge is 0.423 e. The Labute approximate surface area is 142 Å². The molecule has 0 aliphatic heterocycles. The van der Waals surface area contributed by atoms with Gasteiger partial charge in [0.25, 0.3) is 0 Å². The van der Waals surface area contributed by atoms with Crippen LogP contribution in [0.2, 0.25) is 0 Å². The topological polar surface area (TPSA) is 26.3 Å². The average Bonchev–Trinajstić information content (AvgIpc) is 2.62. The van der Waals surface area contributed by atoms with E-state index in [2.05, 4.69) is 0 Å². The smallest absolute Gasteiger partial charge is 0.336 e. The van der Waals surface area contributed by atoms with E-state index in [1.54, 1.807) is 12.1 Å². The molecule has 118 valence electrons. The van der Waals surface area contributed by atoms with Crippen molar-refractivity contribution in [2.45, 2.75) is 6.92 Å². The summed E-state index contributed by atoms with van der Waals surface area (Å²) in [4.78, 5) is 12.1. The second kappa shape index (κ2) is 7.42. The molecule has 0 amide bonds. The highest BCUT2D eigenvalue weighted by Gasteiger charge is 2.08. The summed E-state index contributed by atoms with van der Waals surface area (Å²) < 4.78 is 5.52. The van der Waals surface area contributed by atoms with Crippen molar-refractivity contribution >= 4 is 12.0 Å². The van der Waals surface area contributed by atoms with Crippen LogP contribution < -0.4 is 4.74 Å². The summed E-state index contributed by atoms with van der Waals surface area (Å²) in [5.41, 5.74) is 4.07. The van der Waals surface area contributed by atoms with Crippen LogP contribution in [-0.2, 0) is 4.79 Å². The lowest BCUT2D eigenvalue weighted by Gasteiger charge is -2.08. The highest BCUT2D eigenvalue weighted by atomic mass is 16.5. The molecule has 2 heteroatoms. The van der Waals surface area contributed by atoms with Gasteiger partial charge in [0.2, 0.25) is 0 Å². The molecular formula is C22H18O2. The molecule has 0 aromatic heterocycles. The Kier molecular flexibility index (Phi) is 4.87. The number of ether oxygens (including phenoxy) is 1. The standard InChI is InChI=1S/C22H18O2/c1-17-11-13-18(14-12-17)15-16-22(23)24-21-10-6-5-9-20(21)19-7-3-2-4-8-19/h2-16H,1H3/b16-15+. The van der Waals surface area contributed by atoms with Crippen molar-refractivity contribution in [1.82, 2.24) is 0 Å². The molecule has 0 unspecified atom stereocenters. The second-order valence-electron chi connectivity index (χ2n) is 5.53. The maximum Gasteiger partial charge on any atom is 0.336 e. The quantitative estimate of drug-likeness (QED) is 0.372. The molecule has 3 aromatic carbocycles. The zero-order valence-electron chi connectivity index (χ0n) is 13.5. The summed E-state index contributed by atoms with van der Waals surface area (Å²) in [6.07, 6.45) is 3.21. The third-order valence-corrected chi connectivity index (χ3v) is 3.67. The Balaban J connectivity index is 1.76. The molecule has 3 aromatic rings. The van der Waals surface area contributed by atoms with E-state index < -0.39 is 0 Å². The molecule has 0 fully saturated rings. The van der Waals surface area contributed by atoms with Crippen molar-refractivity contribution in [1.29, 1.82) is 0 Å². The fourth-order valence-electron chi connectivity index (χ4n) is 2.40. The minimum atomic E-state index is -0.390. The fourth-order valence-corrected chi connectivity index (χ4v) is 2.40. The van der Waals surface area contributed by atoms with Crippen LogP contribution in [0, 0.1) is 6.92 Å². The third-order valence-electron chi connectivity index (χ3n) is 3.67. The van der Waals surface area contributed by atoms with Crippen molar-refractivity contribution in [2.75, 3.05) is 0 Å². The van der Waals surface area contributed by atoms with Gasteiger partial charge in [-0.05, 0) is 30.2 Å². The fraction of sp³-hybridized carbons (Fsp3) is 0.0455. The lowest BCUT2D eigenvalue weighted by Crippen LogP contribution is -2.04. The minimum Gasteiger partial charge on any atom is -0.423 e. The van der Waals surface area contributed by atoms with Crippen LogP contribution in [0.3, 0.4) is 0 Å². The van der Waals surface area contributed by atoms with Gasteiger partial charge in [-0.3, -0.25) is 0 Å². The van der Waals surface area contributed by atoms with E-state index in [0.29, 0.717) is 5.75 Å². The number of para-hydroxylation sites is 1. The van der Waals surface area contributed by atoms with E-state index in [0.717, 1.165) is 16.7 Å². The molecular weight excluding hydrogens is 296 g/mol. The summed E-state index contributed by atoms with van der Waals surface area (Å²) >= 11 is 0. The predicted molar refractivity (Wildman–Crippen MR) is 97.7 cm³/mol. The predicted octanol–water partition coefficient (Wildman–Crippen LogP) is 5.28. The molecule has 0 saturated heterocycles. The van der Waals surface area contributed by atoms with Gasteiger partial charge in [0.05, 0.1) is 0 Å². The van der Waals surface area contributed by atoms with Crippen LogP contribution >= 0.6 is 0 Å². The molecule has 0 bridgehead atoms. The number of esters is 1. The molecule has 0 N–H and O–H groups in total. The van der Waals surface area contributed by atoms with Crippen LogP contribution in [0.25, 0.3) is 17.2 Å². The van der Waals surface area contributed by atoms with E-state index >= 15 is 0 Å². The van der Waals surface area contributed by atoms with Crippen molar-refractivity contribution in [3.8, 4) is 16.9 Å². The zero-order valence-corrected chi connectivity index (χ0v) is 13.5. The Bertz CT molecular complexity index is 847. The zero-order chi connectivity index (χ0) is 16.8. The number of hydrogen-bond donors (Lipinski definition) is 0. The van der Waals surface area contributed by atoms with Crippen molar-refractivity contribution < 1.29 is 9.53 Å². The molecule has 0 saturated carbocycles. The number of aryl methyl sites for hydroxylation is 1. The molecule has 0 aliphatic carbocycles. The Morgan fingerprint density at radius 1 is 0.833 bits per heavy atom. The first-order valence-corrected chi connectivity index (χ1v) is 7.83. The van der Waals surface area contributed by atoms with Crippen molar-refractivity contribution in [3.05, 3.63) is 96.1 Å². The first-order chi connectivity index (χ1) is 11.7. The molecule has 2 nitrogen and oxygen atoms in total. The van der Waals surface area contributed by atoms with Crippen LogP contribution in [0.4, 0.5) is 0 Å². The van der Waals surface area contributed by atoms with Gasteiger partial charge in [0, 0.05) is 11.6 Å². The summed E-state index contributed by atoms with van der Waals surface area (Å²) in [6, 6.07) is 25.4. The van der Waals surface area contributed by atoms with Gasteiger partial charge in [-0.25, -0.2) is 4.79 Å². The van der Waals surface area contributed by atoms with Crippen molar-refractivity contribution in [2.24, 2.45) is 0 Å². The number of benzene rings is 3. The number of carbonyl (C=O) groups excluding carboxylic acids is 1. The SMILES string of the molecule is Cc1ccc(/C=C/C(=O)Oc2ccccc2-c2ccccc2)cc1. The normalized spacial score (nSPS) is 10.7. The summed E-state index contributed by atoms with van der Waals surface area (Å²) in [7, 11) is 0. The number of carbonyl (C=O) groups is 1. The van der Waals surface area contributed by atoms with Crippen LogP contribution in [0.5, 0.6) is 5.75 Å². The van der Waals surface area contributed by atoms with Gasteiger partial charge in [-0.1, -0.05) is 78.4 Å². The molecule has 0 heterocycles. The van der Waals surface area contributed by atoms with E-state index in [1.165, 1.54) is 11.6 Å². The summed E-state index contributed by atoms with van der Waals surface area (Å²) in [6.45, 7) is 2.03. The maximum absolute atomic E-state index is 12.1. The Hall–Kier alpha value is -3.13. The second-order valence-corrected chi connectivity index (χ2v) is 5.53. The average molecular weight is 314 g/mol. The molecule has 0 aliphatic rings. The first kappa shape index (κ1) is 15.8. The van der Waals surface area contributed by atoms with E-state index in [9.17, 15) is 4.79 Å². The van der Waals surface area contributed by atoms with E-state index in [4.69, 9.17) is 4.74 Å². The van der Waals surface area contributed by atoms with E-state index in [-0.39, 0.29) is 5.97 Å². The van der Waals surface area contributed by atoms with Crippen LogP contribution in [-0.4, -0.2) is 5.97 Å². The number of rotatable bonds is 4. The molecule has 24 heavy (non-hydrogen) atoms. The Morgan fingerprint density at radius 3 is 2.25 bits per heavy atom. The Morgan fingerprint density at radius 2 is 1.50 bits per heavy atom. The third kappa shape index (κ3) is 3.99. The van der Waals surface area contributed by atoms with Gasteiger partial charge in [-0.2, -0.15) is 0 Å². The van der Waals surface area contributed by atoms with Gasteiger partial charge < -0.3 is 4.74 Å². The molecule has 0 atom stereocenters. The molecule has 0 radical (unpaired) electrons. The molecule has 3 rings (SSSR count).